The Bertz CT molecular complexity index is 1020. The minimum Gasteiger partial charge on any atom is -0.483 e. The zero-order chi connectivity index (χ0) is 21.8. The van der Waals surface area contributed by atoms with E-state index in [0.29, 0.717) is 16.2 Å². The summed E-state index contributed by atoms with van der Waals surface area (Å²) in [6, 6.07) is 11.6. The lowest BCUT2D eigenvalue weighted by Crippen LogP contribution is -2.46. The molecule has 0 saturated carbocycles. The van der Waals surface area contributed by atoms with Crippen molar-refractivity contribution in [1.82, 2.24) is 10.4 Å². The molecule has 156 valence electrons. The van der Waals surface area contributed by atoms with Crippen LogP contribution in [-0.4, -0.2) is 27.8 Å². The number of carbonyl (C=O) groups is 2. The minimum absolute atomic E-state index is 0.208. The van der Waals surface area contributed by atoms with Gasteiger partial charge >= 0.3 is 0 Å². The fourth-order valence-electron chi connectivity index (χ4n) is 2.82. The van der Waals surface area contributed by atoms with Crippen molar-refractivity contribution >= 4 is 46.2 Å². The Balaban J connectivity index is 1.64. The van der Waals surface area contributed by atoms with Crippen LogP contribution in [0.4, 0.5) is 4.39 Å². The van der Waals surface area contributed by atoms with E-state index in [1.165, 1.54) is 12.1 Å². The fourth-order valence-corrected chi connectivity index (χ4v) is 4.00. The van der Waals surface area contributed by atoms with Gasteiger partial charge in [-0.25, -0.2) is 4.39 Å². The summed E-state index contributed by atoms with van der Waals surface area (Å²) in [7, 11) is 0. The molecule has 0 unspecified atom stereocenters. The number of hydrazine groups is 1. The van der Waals surface area contributed by atoms with Gasteiger partial charge < -0.3 is 4.74 Å². The Morgan fingerprint density at radius 2 is 1.97 bits per heavy atom. The Morgan fingerprint density at radius 1 is 1.27 bits per heavy atom. The number of rotatable bonds is 6. The number of hydrogen-bond acceptors (Lipinski definition) is 5. The van der Waals surface area contributed by atoms with E-state index in [9.17, 15) is 14.0 Å². The normalized spacial score (nSPS) is 15.2. The van der Waals surface area contributed by atoms with Crippen LogP contribution in [0.2, 0.25) is 0 Å². The quantitative estimate of drug-likeness (QED) is 0.523. The van der Waals surface area contributed by atoms with Crippen LogP contribution in [0.1, 0.15) is 36.5 Å². The molecule has 1 aliphatic rings. The van der Waals surface area contributed by atoms with Gasteiger partial charge in [0.15, 0.2) is 10.9 Å². The van der Waals surface area contributed by atoms with E-state index in [-0.39, 0.29) is 22.7 Å². The molecule has 30 heavy (non-hydrogen) atoms. The van der Waals surface area contributed by atoms with Crippen molar-refractivity contribution in [3.63, 3.8) is 0 Å². The van der Waals surface area contributed by atoms with Crippen molar-refractivity contribution in [2.45, 2.75) is 26.7 Å². The summed E-state index contributed by atoms with van der Waals surface area (Å²) in [5.74, 6) is -0.415. The summed E-state index contributed by atoms with van der Waals surface area (Å²) in [4.78, 5) is 25.3. The maximum atomic E-state index is 13.0. The molecule has 2 aromatic carbocycles. The van der Waals surface area contributed by atoms with Crippen molar-refractivity contribution in [2.75, 3.05) is 6.61 Å². The topological polar surface area (TPSA) is 58.6 Å². The number of thiocarbonyl (C=S) groups is 1. The first-order valence-corrected chi connectivity index (χ1v) is 10.5. The Morgan fingerprint density at radius 3 is 2.63 bits per heavy atom. The second-order valence-electron chi connectivity index (χ2n) is 7.09. The minimum atomic E-state index is -0.495. The molecule has 1 aliphatic heterocycles. The maximum Gasteiger partial charge on any atom is 0.285 e. The number of carbonyl (C=O) groups excluding carboxylic acids is 2. The van der Waals surface area contributed by atoms with Gasteiger partial charge in [0.2, 0.25) is 0 Å². The molecule has 3 rings (SSSR count). The number of aryl methyl sites for hydroxylation is 1. The van der Waals surface area contributed by atoms with E-state index in [2.05, 4.69) is 5.43 Å². The summed E-state index contributed by atoms with van der Waals surface area (Å²) in [5, 5.41) is 1.03. The van der Waals surface area contributed by atoms with Gasteiger partial charge in [-0.3, -0.25) is 15.0 Å². The second-order valence-corrected chi connectivity index (χ2v) is 8.76. The molecule has 1 N–H and O–H groups in total. The smallest absolute Gasteiger partial charge is 0.285 e. The number of benzene rings is 2. The first-order chi connectivity index (χ1) is 14.2. The van der Waals surface area contributed by atoms with Crippen LogP contribution in [0.15, 0.2) is 47.4 Å². The molecule has 8 heteroatoms. The Kier molecular flexibility index (Phi) is 6.89. The Labute approximate surface area is 184 Å². The lowest BCUT2D eigenvalue weighted by molar-refractivity contribution is -0.134. The zero-order valence-corrected chi connectivity index (χ0v) is 18.4. The van der Waals surface area contributed by atoms with Gasteiger partial charge in [-0.15, -0.1) is 0 Å². The summed E-state index contributed by atoms with van der Waals surface area (Å²) in [5.41, 5.74) is 5.18. The molecule has 0 aromatic heterocycles. The van der Waals surface area contributed by atoms with Crippen molar-refractivity contribution < 1.29 is 18.7 Å². The zero-order valence-electron chi connectivity index (χ0n) is 16.8. The van der Waals surface area contributed by atoms with Crippen LogP contribution in [0.5, 0.6) is 5.75 Å². The molecule has 1 saturated heterocycles. The van der Waals surface area contributed by atoms with Crippen molar-refractivity contribution in [3.05, 3.63) is 69.9 Å². The molecule has 0 bridgehead atoms. The van der Waals surface area contributed by atoms with Gasteiger partial charge in [0.1, 0.15) is 11.6 Å². The van der Waals surface area contributed by atoms with E-state index in [0.717, 1.165) is 27.9 Å². The van der Waals surface area contributed by atoms with Gasteiger partial charge in [0.05, 0.1) is 4.91 Å². The predicted molar refractivity (Wildman–Crippen MR) is 120 cm³/mol. The molecule has 5 nitrogen and oxygen atoms in total. The van der Waals surface area contributed by atoms with Gasteiger partial charge in [0, 0.05) is 0 Å². The molecular weight excluding hydrogens is 423 g/mol. The molecule has 0 radical (unpaired) electrons. The molecular formula is C22H21FN2O3S2. The molecule has 0 atom stereocenters. The number of ether oxygens (including phenoxy) is 1. The van der Waals surface area contributed by atoms with Crippen molar-refractivity contribution in [3.8, 4) is 5.75 Å². The van der Waals surface area contributed by atoms with Gasteiger partial charge in [-0.2, -0.15) is 5.01 Å². The first kappa shape index (κ1) is 22.0. The lowest BCUT2D eigenvalue weighted by Gasteiger charge is -2.17. The highest BCUT2D eigenvalue weighted by Gasteiger charge is 2.33. The largest absolute Gasteiger partial charge is 0.483 e. The van der Waals surface area contributed by atoms with E-state index in [4.69, 9.17) is 17.0 Å². The number of thioether (sulfide) groups is 1. The van der Waals surface area contributed by atoms with Crippen LogP contribution >= 0.6 is 24.0 Å². The summed E-state index contributed by atoms with van der Waals surface area (Å²) in [6.07, 6.45) is 1.60. The average Bonchev–Trinajstić information content (AvgIpc) is 2.95. The molecule has 2 amide bonds. The number of nitrogens with one attached hydrogen (secondary N) is 1. The van der Waals surface area contributed by atoms with Crippen molar-refractivity contribution in [2.24, 2.45) is 0 Å². The van der Waals surface area contributed by atoms with Crippen LogP contribution in [0, 0.1) is 12.7 Å². The second kappa shape index (κ2) is 9.40. The third kappa shape index (κ3) is 5.25. The highest BCUT2D eigenvalue weighted by Crippen LogP contribution is 2.31. The van der Waals surface area contributed by atoms with Gasteiger partial charge in [-0.05, 0) is 66.0 Å². The van der Waals surface area contributed by atoms with Crippen LogP contribution in [0.3, 0.4) is 0 Å². The van der Waals surface area contributed by atoms with Crippen LogP contribution in [0.25, 0.3) is 6.08 Å². The molecule has 0 aliphatic carbocycles. The highest BCUT2D eigenvalue weighted by atomic mass is 32.2. The highest BCUT2D eigenvalue weighted by molar-refractivity contribution is 8.26. The molecule has 1 heterocycles. The molecule has 0 spiro atoms. The summed E-state index contributed by atoms with van der Waals surface area (Å²) in [6.45, 7) is 5.79. The third-order valence-electron chi connectivity index (χ3n) is 4.35. The van der Waals surface area contributed by atoms with E-state index < -0.39 is 11.8 Å². The third-order valence-corrected chi connectivity index (χ3v) is 5.65. The fraction of sp³-hybridized carbons (Fsp3) is 0.227. The SMILES string of the molecule is Cc1ccc(C(C)C)c(OCC(=O)NN2C(=O)/C(=C\c3ccc(F)cc3)SC2=S)c1. The number of amides is 2. The predicted octanol–water partition coefficient (Wildman–Crippen LogP) is 4.57. The maximum absolute atomic E-state index is 13.0. The van der Waals surface area contributed by atoms with E-state index in [1.54, 1.807) is 18.2 Å². The standard InChI is InChI=1S/C22H21FN2O3S2/c1-13(2)17-9-4-14(3)10-18(17)28-12-20(26)24-25-21(27)19(30-22(25)29)11-15-5-7-16(23)8-6-15/h4-11,13H,12H2,1-3H3,(H,24,26)/b19-11+. The van der Waals surface area contributed by atoms with E-state index >= 15 is 0 Å². The average molecular weight is 445 g/mol. The van der Waals surface area contributed by atoms with Crippen molar-refractivity contribution in [1.29, 1.82) is 0 Å². The van der Waals surface area contributed by atoms with E-state index in [1.807, 2.05) is 39.0 Å². The number of nitrogens with zero attached hydrogens (tertiary/aromatic N) is 1. The van der Waals surface area contributed by atoms with Crippen LogP contribution in [-0.2, 0) is 9.59 Å². The monoisotopic (exact) mass is 444 g/mol. The molecule has 1 fully saturated rings. The summed E-state index contributed by atoms with van der Waals surface area (Å²) < 4.78 is 19.0. The number of hydrogen-bond donors (Lipinski definition) is 1. The van der Waals surface area contributed by atoms with Crippen LogP contribution < -0.4 is 10.2 Å². The lowest BCUT2D eigenvalue weighted by atomic mass is 10.0. The molecule has 2 aromatic rings. The van der Waals surface area contributed by atoms with Gasteiger partial charge in [0.25, 0.3) is 11.8 Å². The first-order valence-electron chi connectivity index (χ1n) is 9.31. The number of halogens is 1. The van der Waals surface area contributed by atoms with Gasteiger partial charge in [-0.1, -0.05) is 49.9 Å². The summed E-state index contributed by atoms with van der Waals surface area (Å²) >= 11 is 6.28. The Hall–Kier alpha value is -2.71.